The molecule has 3 heterocycles. The summed E-state index contributed by atoms with van der Waals surface area (Å²) in [6.45, 7) is 4.42. The highest BCUT2D eigenvalue weighted by Crippen LogP contribution is 2.21. The Balaban J connectivity index is 1.74. The van der Waals surface area contributed by atoms with Gasteiger partial charge in [0.05, 0.1) is 6.54 Å². The highest BCUT2D eigenvalue weighted by Gasteiger charge is 2.27. The molecule has 1 saturated heterocycles. The molecule has 2 aromatic rings. The van der Waals surface area contributed by atoms with Crippen molar-refractivity contribution in [2.24, 2.45) is 11.7 Å². The number of likely N-dealkylation sites (tertiary alicyclic amines) is 1. The van der Waals surface area contributed by atoms with Crippen LogP contribution in [0.15, 0.2) is 35.8 Å². The molecular weight excluding hydrogens is 294 g/mol. The summed E-state index contributed by atoms with van der Waals surface area (Å²) < 4.78 is 2.05. The molecule has 0 bridgehead atoms. The van der Waals surface area contributed by atoms with Gasteiger partial charge in [0.1, 0.15) is 5.69 Å². The zero-order valence-electron chi connectivity index (χ0n) is 12.9. The topological polar surface area (TPSA) is 51.3 Å². The monoisotopic (exact) mass is 317 g/mol. The van der Waals surface area contributed by atoms with Gasteiger partial charge in [-0.1, -0.05) is 6.07 Å². The fourth-order valence-corrected chi connectivity index (χ4v) is 3.80. The zero-order chi connectivity index (χ0) is 15.5. The van der Waals surface area contributed by atoms with Gasteiger partial charge in [-0.05, 0) is 49.3 Å². The molecule has 0 aromatic carbocycles. The minimum absolute atomic E-state index is 0.131. The van der Waals surface area contributed by atoms with Crippen molar-refractivity contribution in [1.82, 2.24) is 9.47 Å². The van der Waals surface area contributed by atoms with E-state index in [1.165, 1.54) is 4.88 Å². The Morgan fingerprint density at radius 1 is 1.45 bits per heavy atom. The van der Waals surface area contributed by atoms with E-state index >= 15 is 0 Å². The number of nitrogens with two attached hydrogens (primary N) is 1. The number of nitrogens with zero attached hydrogens (tertiary/aromatic N) is 2. The van der Waals surface area contributed by atoms with E-state index in [0.29, 0.717) is 5.92 Å². The minimum Gasteiger partial charge on any atom is -0.338 e. The number of carbonyl (C=O) groups is 1. The van der Waals surface area contributed by atoms with E-state index in [2.05, 4.69) is 11.4 Å². The van der Waals surface area contributed by atoms with E-state index in [-0.39, 0.29) is 11.9 Å². The molecule has 0 radical (unpaired) electrons. The molecule has 3 rings (SSSR count). The molecule has 2 N–H and O–H groups in total. The van der Waals surface area contributed by atoms with Crippen LogP contribution in [0.25, 0.3) is 0 Å². The third-order valence-corrected chi connectivity index (χ3v) is 5.30. The van der Waals surface area contributed by atoms with Gasteiger partial charge in [0.2, 0.25) is 0 Å². The van der Waals surface area contributed by atoms with Crippen LogP contribution >= 0.6 is 11.3 Å². The number of hydrogen-bond donors (Lipinski definition) is 1. The molecule has 1 amide bonds. The lowest BCUT2D eigenvalue weighted by molar-refractivity contribution is 0.0650. The van der Waals surface area contributed by atoms with Crippen molar-refractivity contribution >= 4 is 17.2 Å². The van der Waals surface area contributed by atoms with Gasteiger partial charge in [-0.2, -0.15) is 0 Å². The van der Waals surface area contributed by atoms with Gasteiger partial charge in [-0.3, -0.25) is 4.79 Å². The zero-order valence-corrected chi connectivity index (χ0v) is 13.8. The normalized spacial score (nSPS) is 20.1. The number of aromatic nitrogens is 1. The van der Waals surface area contributed by atoms with Crippen LogP contribution in [0.2, 0.25) is 0 Å². The Labute approximate surface area is 135 Å². The van der Waals surface area contributed by atoms with Crippen LogP contribution in [-0.4, -0.2) is 34.5 Å². The summed E-state index contributed by atoms with van der Waals surface area (Å²) in [5, 5.41) is 2.07. The number of thiophene rings is 1. The Kier molecular flexibility index (Phi) is 4.64. The molecule has 118 valence electrons. The molecule has 2 atom stereocenters. The van der Waals surface area contributed by atoms with Crippen LogP contribution in [0.4, 0.5) is 0 Å². The van der Waals surface area contributed by atoms with Crippen molar-refractivity contribution in [3.8, 4) is 0 Å². The molecule has 22 heavy (non-hydrogen) atoms. The molecule has 1 fully saturated rings. The summed E-state index contributed by atoms with van der Waals surface area (Å²) in [4.78, 5) is 16.1. The van der Waals surface area contributed by atoms with Crippen LogP contribution < -0.4 is 5.73 Å². The molecule has 2 unspecified atom stereocenters. The van der Waals surface area contributed by atoms with Crippen LogP contribution in [0.5, 0.6) is 0 Å². The molecule has 2 aromatic heterocycles. The first kappa shape index (κ1) is 15.3. The molecule has 5 heteroatoms. The van der Waals surface area contributed by atoms with Gasteiger partial charge in [-0.15, -0.1) is 11.3 Å². The van der Waals surface area contributed by atoms with Crippen molar-refractivity contribution in [2.75, 3.05) is 13.1 Å². The number of amides is 1. The largest absolute Gasteiger partial charge is 0.338 e. The first-order valence-electron chi connectivity index (χ1n) is 7.87. The molecule has 0 saturated carbocycles. The predicted molar refractivity (Wildman–Crippen MR) is 90.1 cm³/mol. The summed E-state index contributed by atoms with van der Waals surface area (Å²) in [6, 6.07) is 8.17. The van der Waals surface area contributed by atoms with E-state index in [4.69, 9.17) is 5.73 Å². The Bertz CT molecular complexity index is 618. The summed E-state index contributed by atoms with van der Waals surface area (Å²) >= 11 is 1.72. The smallest absolute Gasteiger partial charge is 0.270 e. The van der Waals surface area contributed by atoms with Gasteiger partial charge in [0.15, 0.2) is 0 Å². The van der Waals surface area contributed by atoms with Gasteiger partial charge < -0.3 is 15.2 Å². The first-order valence-corrected chi connectivity index (χ1v) is 8.75. The Morgan fingerprint density at radius 3 is 3.05 bits per heavy atom. The summed E-state index contributed by atoms with van der Waals surface area (Å²) in [6.07, 6.45) is 4.15. The van der Waals surface area contributed by atoms with Crippen LogP contribution in [0.1, 0.15) is 35.1 Å². The van der Waals surface area contributed by atoms with Crippen molar-refractivity contribution in [1.29, 1.82) is 0 Å². The average molecular weight is 317 g/mol. The van der Waals surface area contributed by atoms with E-state index < -0.39 is 0 Å². The maximum atomic E-state index is 12.8. The summed E-state index contributed by atoms with van der Waals surface area (Å²) in [5.74, 6) is 0.547. The second-order valence-corrected chi connectivity index (χ2v) is 7.15. The maximum Gasteiger partial charge on any atom is 0.270 e. The van der Waals surface area contributed by atoms with E-state index in [0.717, 1.165) is 38.2 Å². The predicted octanol–water partition coefficient (Wildman–Crippen LogP) is 2.80. The quantitative estimate of drug-likeness (QED) is 0.943. The first-order chi connectivity index (χ1) is 10.6. The summed E-state index contributed by atoms with van der Waals surface area (Å²) in [7, 11) is 0. The average Bonchev–Trinajstić information content (AvgIpc) is 3.19. The summed E-state index contributed by atoms with van der Waals surface area (Å²) in [5.41, 5.74) is 6.80. The maximum absolute atomic E-state index is 12.8. The standard InChI is InChI=1S/C17H23N3OS/c1-13(18)14-5-2-9-20(11-14)17(21)16-7-3-8-19(16)12-15-6-4-10-22-15/h3-4,6-8,10,13-14H,2,5,9,11-12,18H2,1H3. The van der Waals surface area contributed by atoms with Gasteiger partial charge >= 0.3 is 0 Å². The SMILES string of the molecule is CC(N)C1CCCN(C(=O)c2cccn2Cc2cccs2)C1. The van der Waals surface area contributed by atoms with Gasteiger partial charge in [0.25, 0.3) is 5.91 Å². The highest BCUT2D eigenvalue weighted by atomic mass is 32.1. The lowest BCUT2D eigenvalue weighted by atomic mass is 9.92. The highest BCUT2D eigenvalue weighted by molar-refractivity contribution is 7.09. The van der Waals surface area contributed by atoms with Crippen molar-refractivity contribution in [2.45, 2.75) is 32.4 Å². The third kappa shape index (κ3) is 3.25. The Morgan fingerprint density at radius 2 is 2.32 bits per heavy atom. The molecular formula is C17H23N3OS. The van der Waals surface area contributed by atoms with Crippen LogP contribution in [0, 0.1) is 5.92 Å². The Hall–Kier alpha value is -1.59. The number of rotatable bonds is 4. The van der Waals surface area contributed by atoms with Crippen molar-refractivity contribution in [3.05, 3.63) is 46.4 Å². The van der Waals surface area contributed by atoms with Gasteiger partial charge in [0, 0.05) is 30.2 Å². The molecule has 0 spiro atoms. The lowest BCUT2D eigenvalue weighted by Gasteiger charge is -2.34. The minimum atomic E-state index is 0.131. The lowest BCUT2D eigenvalue weighted by Crippen LogP contribution is -2.45. The second kappa shape index (κ2) is 6.67. The van der Waals surface area contributed by atoms with Crippen molar-refractivity contribution in [3.63, 3.8) is 0 Å². The van der Waals surface area contributed by atoms with Crippen LogP contribution in [0.3, 0.4) is 0 Å². The van der Waals surface area contributed by atoms with E-state index in [1.807, 2.05) is 40.8 Å². The fraction of sp³-hybridized carbons (Fsp3) is 0.471. The second-order valence-electron chi connectivity index (χ2n) is 6.11. The third-order valence-electron chi connectivity index (χ3n) is 4.44. The van der Waals surface area contributed by atoms with Crippen LogP contribution in [-0.2, 0) is 6.54 Å². The van der Waals surface area contributed by atoms with E-state index in [1.54, 1.807) is 11.3 Å². The van der Waals surface area contributed by atoms with Crippen molar-refractivity contribution < 1.29 is 4.79 Å². The van der Waals surface area contributed by atoms with E-state index in [9.17, 15) is 4.79 Å². The number of piperidine rings is 1. The molecule has 0 aliphatic carbocycles. The molecule has 1 aliphatic rings. The molecule has 4 nitrogen and oxygen atoms in total. The fourth-order valence-electron chi connectivity index (χ4n) is 3.10. The number of hydrogen-bond acceptors (Lipinski definition) is 3. The molecule has 1 aliphatic heterocycles. The number of carbonyl (C=O) groups excluding carboxylic acids is 1. The van der Waals surface area contributed by atoms with Gasteiger partial charge in [-0.25, -0.2) is 0 Å².